The maximum Gasteiger partial charge on any atom is 0.166 e. The fourth-order valence-corrected chi connectivity index (χ4v) is 2.60. The quantitative estimate of drug-likeness (QED) is 0.627. The Hall–Kier alpha value is -1.15. The van der Waals surface area contributed by atoms with E-state index >= 15 is 0 Å². The normalized spacial score (nSPS) is 12.9. The second kappa shape index (κ2) is 8.91. The van der Waals surface area contributed by atoms with Gasteiger partial charge in [-0.3, -0.25) is 4.79 Å². The molecule has 0 heterocycles. The van der Waals surface area contributed by atoms with Crippen molar-refractivity contribution in [1.29, 1.82) is 0 Å². The molecule has 0 saturated carbocycles. The van der Waals surface area contributed by atoms with Crippen LogP contribution in [0.15, 0.2) is 30.3 Å². The number of rotatable bonds is 9. The molecule has 0 bridgehead atoms. The van der Waals surface area contributed by atoms with Gasteiger partial charge in [-0.25, -0.2) is 0 Å². The van der Waals surface area contributed by atoms with Crippen LogP contribution >= 0.6 is 0 Å². The first-order valence-electron chi connectivity index (χ1n) is 7.93. The highest BCUT2D eigenvalue weighted by atomic mass is 16.1. The number of Topliss-reactive ketones (excluding diaryl/α,β-unsaturated/α-hetero) is 1. The monoisotopic (exact) mass is 275 g/mol. The molecule has 0 aliphatic carbocycles. The SMILES string of the molecule is CCC(CC)CN(CC)CC(C)C(=O)c1ccccc1. The average Bonchev–Trinajstić information content (AvgIpc) is 2.51. The summed E-state index contributed by atoms with van der Waals surface area (Å²) in [7, 11) is 0. The van der Waals surface area contributed by atoms with Crippen LogP contribution in [0.2, 0.25) is 0 Å². The van der Waals surface area contributed by atoms with Gasteiger partial charge in [0, 0.05) is 24.6 Å². The lowest BCUT2D eigenvalue weighted by Gasteiger charge is -2.27. The molecule has 0 N–H and O–H groups in total. The molecule has 1 aromatic carbocycles. The van der Waals surface area contributed by atoms with E-state index in [4.69, 9.17) is 0 Å². The van der Waals surface area contributed by atoms with Gasteiger partial charge in [0.1, 0.15) is 0 Å². The van der Waals surface area contributed by atoms with Crippen molar-refractivity contribution < 1.29 is 4.79 Å². The van der Waals surface area contributed by atoms with Crippen molar-refractivity contribution in [2.45, 2.75) is 40.5 Å². The number of hydrogen-bond acceptors (Lipinski definition) is 2. The first-order valence-corrected chi connectivity index (χ1v) is 7.93. The molecule has 0 saturated heterocycles. The van der Waals surface area contributed by atoms with Gasteiger partial charge in [-0.05, 0) is 12.5 Å². The smallest absolute Gasteiger partial charge is 0.166 e. The third-order valence-electron chi connectivity index (χ3n) is 4.16. The lowest BCUT2D eigenvalue weighted by molar-refractivity contribution is 0.0887. The van der Waals surface area contributed by atoms with E-state index in [1.807, 2.05) is 37.3 Å². The van der Waals surface area contributed by atoms with Gasteiger partial charge in [-0.2, -0.15) is 0 Å². The Bertz CT molecular complexity index is 384. The highest BCUT2D eigenvalue weighted by Gasteiger charge is 2.19. The first-order chi connectivity index (χ1) is 9.62. The summed E-state index contributed by atoms with van der Waals surface area (Å²) in [6.45, 7) is 11.7. The van der Waals surface area contributed by atoms with Crippen LogP contribution in [0.1, 0.15) is 50.9 Å². The summed E-state index contributed by atoms with van der Waals surface area (Å²) in [5.74, 6) is 1.06. The van der Waals surface area contributed by atoms with E-state index in [2.05, 4.69) is 25.7 Å². The minimum absolute atomic E-state index is 0.0618. The van der Waals surface area contributed by atoms with Crippen LogP contribution in [-0.4, -0.2) is 30.3 Å². The van der Waals surface area contributed by atoms with E-state index in [0.29, 0.717) is 0 Å². The fraction of sp³-hybridized carbons (Fsp3) is 0.611. The molecule has 1 rings (SSSR count). The molecular weight excluding hydrogens is 246 g/mol. The van der Waals surface area contributed by atoms with Gasteiger partial charge in [-0.15, -0.1) is 0 Å². The lowest BCUT2D eigenvalue weighted by atomic mass is 9.97. The van der Waals surface area contributed by atoms with Gasteiger partial charge >= 0.3 is 0 Å². The molecule has 20 heavy (non-hydrogen) atoms. The minimum atomic E-state index is 0.0618. The number of hydrogen-bond donors (Lipinski definition) is 0. The van der Waals surface area contributed by atoms with Crippen molar-refractivity contribution in [2.24, 2.45) is 11.8 Å². The molecule has 1 unspecified atom stereocenters. The predicted octanol–water partition coefficient (Wildman–Crippen LogP) is 4.26. The van der Waals surface area contributed by atoms with Crippen molar-refractivity contribution in [3.63, 3.8) is 0 Å². The Morgan fingerprint density at radius 1 is 1.05 bits per heavy atom. The molecule has 2 heteroatoms. The Morgan fingerprint density at radius 2 is 1.65 bits per heavy atom. The van der Waals surface area contributed by atoms with Crippen LogP contribution in [0.5, 0.6) is 0 Å². The Kier molecular flexibility index (Phi) is 7.53. The third-order valence-corrected chi connectivity index (χ3v) is 4.16. The van der Waals surface area contributed by atoms with E-state index in [0.717, 1.165) is 31.1 Å². The summed E-state index contributed by atoms with van der Waals surface area (Å²) in [6, 6.07) is 9.64. The number of nitrogens with zero attached hydrogens (tertiary/aromatic N) is 1. The van der Waals surface area contributed by atoms with E-state index in [9.17, 15) is 4.79 Å². The number of carbonyl (C=O) groups is 1. The van der Waals surface area contributed by atoms with Crippen molar-refractivity contribution in [3.05, 3.63) is 35.9 Å². The largest absolute Gasteiger partial charge is 0.303 e. The highest BCUT2D eigenvalue weighted by molar-refractivity contribution is 5.97. The molecule has 0 aliphatic rings. The van der Waals surface area contributed by atoms with Crippen molar-refractivity contribution >= 4 is 5.78 Å². The summed E-state index contributed by atoms with van der Waals surface area (Å²) in [6.07, 6.45) is 2.43. The fourth-order valence-electron chi connectivity index (χ4n) is 2.60. The summed E-state index contributed by atoms with van der Waals surface area (Å²) >= 11 is 0. The lowest BCUT2D eigenvalue weighted by Crippen LogP contribution is -2.35. The van der Waals surface area contributed by atoms with E-state index in [1.54, 1.807) is 0 Å². The minimum Gasteiger partial charge on any atom is -0.303 e. The van der Waals surface area contributed by atoms with Crippen molar-refractivity contribution in [3.8, 4) is 0 Å². The molecule has 2 nitrogen and oxygen atoms in total. The average molecular weight is 275 g/mol. The van der Waals surface area contributed by atoms with Crippen LogP contribution in [-0.2, 0) is 0 Å². The molecule has 0 amide bonds. The predicted molar refractivity (Wildman–Crippen MR) is 86.1 cm³/mol. The topological polar surface area (TPSA) is 20.3 Å². The van der Waals surface area contributed by atoms with Crippen LogP contribution in [0.3, 0.4) is 0 Å². The molecule has 0 spiro atoms. The van der Waals surface area contributed by atoms with Gasteiger partial charge in [0.15, 0.2) is 5.78 Å². The maximum absolute atomic E-state index is 12.4. The zero-order valence-electron chi connectivity index (χ0n) is 13.4. The van der Waals surface area contributed by atoms with Crippen LogP contribution < -0.4 is 0 Å². The molecule has 0 radical (unpaired) electrons. The van der Waals surface area contributed by atoms with E-state index in [1.165, 1.54) is 12.8 Å². The second-order valence-electron chi connectivity index (χ2n) is 5.67. The van der Waals surface area contributed by atoms with Crippen molar-refractivity contribution in [1.82, 2.24) is 4.90 Å². The molecule has 1 aromatic rings. The summed E-state index contributed by atoms with van der Waals surface area (Å²) < 4.78 is 0. The van der Waals surface area contributed by atoms with Crippen LogP contribution in [0.25, 0.3) is 0 Å². The zero-order chi connectivity index (χ0) is 15.0. The number of ketones is 1. The van der Waals surface area contributed by atoms with E-state index in [-0.39, 0.29) is 11.7 Å². The van der Waals surface area contributed by atoms with Crippen LogP contribution in [0, 0.1) is 11.8 Å². The highest BCUT2D eigenvalue weighted by Crippen LogP contribution is 2.14. The third kappa shape index (κ3) is 5.09. The second-order valence-corrected chi connectivity index (χ2v) is 5.67. The summed E-state index contributed by atoms with van der Waals surface area (Å²) in [5.41, 5.74) is 0.832. The zero-order valence-corrected chi connectivity index (χ0v) is 13.4. The van der Waals surface area contributed by atoms with Crippen molar-refractivity contribution in [2.75, 3.05) is 19.6 Å². The molecular formula is C18H29NO. The van der Waals surface area contributed by atoms with Crippen LogP contribution in [0.4, 0.5) is 0 Å². The number of carbonyl (C=O) groups excluding carboxylic acids is 1. The molecule has 0 fully saturated rings. The maximum atomic E-state index is 12.4. The van der Waals surface area contributed by atoms with Gasteiger partial charge in [0.05, 0.1) is 0 Å². The molecule has 0 aliphatic heterocycles. The first kappa shape index (κ1) is 16.9. The Balaban J connectivity index is 2.58. The molecule has 1 atom stereocenters. The Morgan fingerprint density at radius 3 is 2.15 bits per heavy atom. The Labute approximate surface area is 124 Å². The van der Waals surface area contributed by atoms with E-state index < -0.39 is 0 Å². The summed E-state index contributed by atoms with van der Waals surface area (Å²) in [4.78, 5) is 14.8. The van der Waals surface area contributed by atoms with Gasteiger partial charge in [-0.1, -0.05) is 70.9 Å². The molecule has 112 valence electrons. The molecule has 0 aromatic heterocycles. The van der Waals surface area contributed by atoms with Gasteiger partial charge < -0.3 is 4.90 Å². The standard InChI is InChI=1S/C18H29NO/c1-5-16(6-2)14-19(7-3)13-15(4)18(20)17-11-9-8-10-12-17/h8-12,15-16H,5-7,13-14H2,1-4H3. The summed E-state index contributed by atoms with van der Waals surface area (Å²) in [5, 5.41) is 0. The van der Waals surface area contributed by atoms with Gasteiger partial charge in [0.25, 0.3) is 0 Å². The number of benzene rings is 1. The van der Waals surface area contributed by atoms with Gasteiger partial charge in [0.2, 0.25) is 0 Å².